The van der Waals surface area contributed by atoms with Gasteiger partial charge in [0, 0.05) is 32.9 Å². The Morgan fingerprint density at radius 3 is 2.71 bits per heavy atom. The van der Waals surface area contributed by atoms with Crippen molar-refractivity contribution in [2.24, 2.45) is 4.99 Å². The van der Waals surface area contributed by atoms with Crippen molar-refractivity contribution in [3.05, 3.63) is 23.9 Å². The normalized spacial score (nSPS) is 11.5. The van der Waals surface area contributed by atoms with Crippen molar-refractivity contribution >= 4 is 5.96 Å². The molecule has 0 aromatic carbocycles. The Balaban J connectivity index is 2.51. The monoisotopic (exact) mass is 236 g/mol. The predicted molar refractivity (Wildman–Crippen MR) is 69.3 cm³/mol. The first-order valence-corrected chi connectivity index (χ1v) is 5.65. The zero-order chi connectivity index (χ0) is 12.7. The number of nitrogens with one attached hydrogen (secondary N) is 2. The molecule has 1 rings (SSSR count). The molecule has 0 radical (unpaired) electrons. The molecule has 0 fully saturated rings. The number of guanidine groups is 1. The van der Waals surface area contributed by atoms with Crippen LogP contribution in [0.3, 0.4) is 0 Å². The summed E-state index contributed by atoms with van der Waals surface area (Å²) < 4.78 is 5.47. The van der Waals surface area contributed by atoms with E-state index in [-0.39, 0.29) is 6.10 Å². The summed E-state index contributed by atoms with van der Waals surface area (Å²) in [6.45, 7) is 4.64. The van der Waals surface area contributed by atoms with Crippen LogP contribution in [0.5, 0.6) is 5.88 Å². The number of pyridine rings is 1. The molecule has 5 nitrogen and oxygen atoms in total. The highest BCUT2D eigenvalue weighted by molar-refractivity contribution is 5.79. The van der Waals surface area contributed by atoms with Crippen molar-refractivity contribution in [3.8, 4) is 5.88 Å². The van der Waals surface area contributed by atoms with Crippen LogP contribution in [0.2, 0.25) is 0 Å². The summed E-state index contributed by atoms with van der Waals surface area (Å²) in [6, 6.07) is 3.86. The highest BCUT2D eigenvalue weighted by Gasteiger charge is 2.00. The van der Waals surface area contributed by atoms with Crippen molar-refractivity contribution in [2.45, 2.75) is 26.5 Å². The van der Waals surface area contributed by atoms with Crippen LogP contribution in [0.1, 0.15) is 19.4 Å². The molecular weight excluding hydrogens is 216 g/mol. The van der Waals surface area contributed by atoms with Gasteiger partial charge >= 0.3 is 0 Å². The Morgan fingerprint density at radius 2 is 2.24 bits per heavy atom. The molecule has 1 heterocycles. The molecular formula is C12H20N4O. The van der Waals surface area contributed by atoms with Crippen molar-refractivity contribution in [3.63, 3.8) is 0 Å². The average molecular weight is 236 g/mol. The van der Waals surface area contributed by atoms with Gasteiger partial charge in [0.1, 0.15) is 0 Å². The lowest BCUT2D eigenvalue weighted by Crippen LogP contribution is -2.34. The van der Waals surface area contributed by atoms with Gasteiger partial charge in [-0.1, -0.05) is 6.07 Å². The Labute approximate surface area is 102 Å². The number of hydrogen-bond donors (Lipinski definition) is 2. The maximum atomic E-state index is 5.47. The number of aliphatic imine (C=N–C) groups is 1. The van der Waals surface area contributed by atoms with Crippen LogP contribution in [0.4, 0.5) is 0 Å². The lowest BCUT2D eigenvalue weighted by atomic mass is 10.3. The highest BCUT2D eigenvalue weighted by Crippen LogP contribution is 2.09. The van der Waals surface area contributed by atoms with E-state index in [1.807, 2.05) is 33.0 Å². The van der Waals surface area contributed by atoms with Crippen LogP contribution in [0.15, 0.2) is 23.3 Å². The summed E-state index contributed by atoms with van der Waals surface area (Å²) in [5.74, 6) is 1.41. The first-order chi connectivity index (χ1) is 8.15. The molecule has 5 heteroatoms. The number of hydrogen-bond acceptors (Lipinski definition) is 3. The van der Waals surface area contributed by atoms with E-state index in [1.54, 1.807) is 13.2 Å². The third-order valence-corrected chi connectivity index (χ3v) is 2.07. The van der Waals surface area contributed by atoms with Crippen molar-refractivity contribution in [2.75, 3.05) is 14.1 Å². The molecule has 0 spiro atoms. The summed E-state index contributed by atoms with van der Waals surface area (Å²) in [6.07, 6.45) is 1.95. The molecule has 94 valence electrons. The molecule has 1 aromatic rings. The molecule has 1 aromatic heterocycles. The van der Waals surface area contributed by atoms with Crippen LogP contribution in [-0.4, -0.2) is 31.1 Å². The minimum atomic E-state index is 0.148. The average Bonchev–Trinajstić information content (AvgIpc) is 2.32. The Hall–Kier alpha value is -1.78. The lowest BCUT2D eigenvalue weighted by Gasteiger charge is -2.10. The third kappa shape index (κ3) is 4.72. The zero-order valence-electron chi connectivity index (χ0n) is 10.8. The fourth-order valence-electron chi connectivity index (χ4n) is 1.29. The first-order valence-electron chi connectivity index (χ1n) is 5.65. The second kappa shape index (κ2) is 6.73. The van der Waals surface area contributed by atoms with Crippen LogP contribution < -0.4 is 15.4 Å². The van der Waals surface area contributed by atoms with Crippen LogP contribution in [0.25, 0.3) is 0 Å². The van der Waals surface area contributed by atoms with Crippen molar-refractivity contribution in [1.29, 1.82) is 0 Å². The summed E-state index contributed by atoms with van der Waals surface area (Å²) in [5.41, 5.74) is 1.08. The van der Waals surface area contributed by atoms with E-state index in [0.717, 1.165) is 11.5 Å². The fourth-order valence-corrected chi connectivity index (χ4v) is 1.29. The standard InChI is InChI=1S/C12H20N4O/c1-9(2)17-11-6-5-10(7-15-11)8-16-12(13-3)14-4/h5-7,9H,8H2,1-4H3,(H2,13,14,16). The molecule has 0 aliphatic heterocycles. The summed E-state index contributed by atoms with van der Waals surface area (Å²) in [4.78, 5) is 8.25. The minimum absolute atomic E-state index is 0.148. The topological polar surface area (TPSA) is 58.5 Å². The molecule has 0 aliphatic carbocycles. The van der Waals surface area contributed by atoms with Gasteiger partial charge in [0.25, 0.3) is 0 Å². The SMILES string of the molecule is CN=C(NC)NCc1ccc(OC(C)C)nc1. The van der Waals surface area contributed by atoms with Crippen molar-refractivity contribution < 1.29 is 4.74 Å². The molecule has 0 saturated heterocycles. The van der Waals surface area contributed by atoms with Gasteiger partial charge in [-0.2, -0.15) is 0 Å². The first kappa shape index (κ1) is 13.3. The Bertz CT molecular complexity index is 359. The van der Waals surface area contributed by atoms with E-state index in [2.05, 4.69) is 20.6 Å². The molecule has 0 saturated carbocycles. The van der Waals surface area contributed by atoms with Crippen LogP contribution in [0, 0.1) is 0 Å². The third-order valence-electron chi connectivity index (χ3n) is 2.07. The molecule has 17 heavy (non-hydrogen) atoms. The Kier molecular flexibility index (Phi) is 5.26. The second-order valence-electron chi connectivity index (χ2n) is 3.85. The maximum absolute atomic E-state index is 5.47. The van der Waals surface area contributed by atoms with Gasteiger partial charge in [0.15, 0.2) is 5.96 Å². The van der Waals surface area contributed by atoms with Gasteiger partial charge in [-0.15, -0.1) is 0 Å². The van der Waals surface area contributed by atoms with Crippen LogP contribution in [-0.2, 0) is 6.54 Å². The highest BCUT2D eigenvalue weighted by atomic mass is 16.5. The number of aromatic nitrogens is 1. The summed E-state index contributed by atoms with van der Waals surface area (Å²) >= 11 is 0. The predicted octanol–water partition coefficient (Wildman–Crippen LogP) is 1.16. The molecule has 0 amide bonds. The smallest absolute Gasteiger partial charge is 0.213 e. The lowest BCUT2D eigenvalue weighted by molar-refractivity contribution is 0.232. The van der Waals surface area contributed by atoms with Gasteiger partial charge in [-0.3, -0.25) is 4.99 Å². The van der Waals surface area contributed by atoms with E-state index in [4.69, 9.17) is 4.74 Å². The summed E-state index contributed by atoms with van der Waals surface area (Å²) in [5, 5.41) is 6.11. The Morgan fingerprint density at radius 1 is 1.47 bits per heavy atom. The van der Waals surface area contributed by atoms with E-state index in [9.17, 15) is 0 Å². The largest absolute Gasteiger partial charge is 0.475 e. The van der Waals surface area contributed by atoms with E-state index in [0.29, 0.717) is 12.4 Å². The molecule has 0 bridgehead atoms. The second-order valence-corrected chi connectivity index (χ2v) is 3.85. The van der Waals surface area contributed by atoms with Gasteiger partial charge in [0.05, 0.1) is 6.10 Å². The van der Waals surface area contributed by atoms with E-state index in [1.165, 1.54) is 0 Å². The molecule has 0 atom stereocenters. The maximum Gasteiger partial charge on any atom is 0.213 e. The van der Waals surface area contributed by atoms with E-state index < -0.39 is 0 Å². The molecule has 0 unspecified atom stereocenters. The fraction of sp³-hybridized carbons (Fsp3) is 0.500. The van der Waals surface area contributed by atoms with E-state index >= 15 is 0 Å². The number of nitrogens with zero attached hydrogens (tertiary/aromatic N) is 2. The van der Waals surface area contributed by atoms with Crippen LogP contribution >= 0.6 is 0 Å². The van der Waals surface area contributed by atoms with Gasteiger partial charge < -0.3 is 15.4 Å². The number of ether oxygens (including phenoxy) is 1. The van der Waals surface area contributed by atoms with Gasteiger partial charge in [-0.25, -0.2) is 4.98 Å². The minimum Gasteiger partial charge on any atom is -0.475 e. The summed E-state index contributed by atoms with van der Waals surface area (Å²) in [7, 11) is 3.56. The van der Waals surface area contributed by atoms with Crippen molar-refractivity contribution in [1.82, 2.24) is 15.6 Å². The van der Waals surface area contributed by atoms with Gasteiger partial charge in [0.2, 0.25) is 5.88 Å². The molecule has 0 aliphatic rings. The number of rotatable bonds is 4. The molecule has 2 N–H and O–H groups in total. The van der Waals surface area contributed by atoms with Gasteiger partial charge in [-0.05, 0) is 19.4 Å². The zero-order valence-corrected chi connectivity index (χ0v) is 10.8. The quantitative estimate of drug-likeness (QED) is 0.608.